The number of carbonyl (C=O) groups is 3. The van der Waals surface area contributed by atoms with Crippen molar-refractivity contribution in [2.24, 2.45) is 17.8 Å². The number of allylic oxidation sites excluding steroid dienone is 1. The van der Waals surface area contributed by atoms with E-state index < -0.39 is 35.7 Å². The zero-order valence-corrected chi connectivity index (χ0v) is 22.3. The summed E-state index contributed by atoms with van der Waals surface area (Å²) in [7, 11) is 1.13. The number of phenolic OH excluding ortho intramolecular Hbond substituents is 1. The lowest BCUT2D eigenvalue weighted by molar-refractivity contribution is -0.137. The van der Waals surface area contributed by atoms with Gasteiger partial charge in [0.05, 0.1) is 44.0 Å². The van der Waals surface area contributed by atoms with Gasteiger partial charge in [-0.1, -0.05) is 22.0 Å². The van der Waals surface area contributed by atoms with Crippen LogP contribution in [0.4, 0.5) is 4.79 Å². The van der Waals surface area contributed by atoms with E-state index in [0.717, 1.165) is 28.4 Å². The van der Waals surface area contributed by atoms with Crippen LogP contribution in [0, 0.1) is 17.8 Å². The SMILES string of the molecule is COC(=O)N1C(=O)[C@@H]2[C@@H](CC(CO)=C3[C@@H](CC/C(=C/c4cc(Br)ccc4O)c4ccccn4)OC[C@@H]32)C1=O. The number of aromatic nitrogens is 1. The van der Waals surface area contributed by atoms with Gasteiger partial charge < -0.3 is 19.7 Å². The number of aliphatic hydroxyl groups excluding tert-OH is 1. The van der Waals surface area contributed by atoms with Crippen LogP contribution in [0.25, 0.3) is 11.6 Å². The van der Waals surface area contributed by atoms with Gasteiger partial charge in [0.15, 0.2) is 0 Å². The number of likely N-dealkylation sites (tertiary alicyclic amines) is 1. The smallest absolute Gasteiger partial charge is 0.423 e. The third kappa shape index (κ3) is 4.68. The van der Waals surface area contributed by atoms with E-state index in [4.69, 9.17) is 4.74 Å². The van der Waals surface area contributed by atoms with Gasteiger partial charge in [0.1, 0.15) is 5.75 Å². The second-order valence-corrected chi connectivity index (χ2v) is 10.5. The van der Waals surface area contributed by atoms with Crippen LogP contribution in [-0.4, -0.2) is 64.4 Å². The highest BCUT2D eigenvalue weighted by Crippen LogP contribution is 2.50. The van der Waals surface area contributed by atoms with E-state index in [1.807, 2.05) is 30.3 Å². The molecule has 2 fully saturated rings. The standard InChI is InChI=1S/C28H27BrN2O7/c1-37-28(36)31-26(34)19-12-17(13-32)24-20(25(19)27(31)35)14-38-23(24)8-5-15(21-4-2-3-9-30-21)10-16-11-18(29)6-7-22(16)33/h2-4,6-7,9-11,19-20,23,25,32-33H,5,8,12-14H2,1H3/b15-10-/t19-,20+,23-,25-/m1/s1. The van der Waals surface area contributed by atoms with Crippen molar-refractivity contribution in [1.29, 1.82) is 0 Å². The van der Waals surface area contributed by atoms with Crippen molar-refractivity contribution in [3.8, 4) is 5.75 Å². The van der Waals surface area contributed by atoms with Crippen molar-refractivity contribution in [2.75, 3.05) is 20.3 Å². The van der Waals surface area contributed by atoms with Crippen LogP contribution in [0.15, 0.2) is 58.2 Å². The summed E-state index contributed by atoms with van der Waals surface area (Å²) in [6, 6.07) is 10.8. The molecule has 9 nitrogen and oxygen atoms in total. The third-order valence-electron chi connectivity index (χ3n) is 7.55. The number of carbonyl (C=O) groups excluding carboxylic acids is 3. The number of phenols is 1. The molecule has 1 aliphatic carbocycles. The molecule has 0 radical (unpaired) electrons. The van der Waals surface area contributed by atoms with Gasteiger partial charge in [-0.15, -0.1) is 0 Å². The number of halogens is 1. The lowest BCUT2D eigenvalue weighted by Gasteiger charge is -2.31. The minimum atomic E-state index is -0.988. The summed E-state index contributed by atoms with van der Waals surface area (Å²) in [6.45, 7) is -0.0444. The van der Waals surface area contributed by atoms with Crippen LogP contribution in [0.5, 0.6) is 5.75 Å². The molecule has 5 rings (SSSR count). The Balaban J connectivity index is 1.43. The molecule has 3 amide bonds. The first kappa shape index (κ1) is 26.3. The Kier molecular flexibility index (Phi) is 7.47. The molecule has 3 heterocycles. The average molecular weight is 583 g/mol. The summed E-state index contributed by atoms with van der Waals surface area (Å²) >= 11 is 3.45. The quantitative estimate of drug-likeness (QED) is 0.387. The molecule has 10 heteroatoms. The van der Waals surface area contributed by atoms with Gasteiger partial charge in [0.2, 0.25) is 11.8 Å². The first-order valence-electron chi connectivity index (χ1n) is 12.3. The van der Waals surface area contributed by atoms with Crippen molar-refractivity contribution in [2.45, 2.75) is 25.4 Å². The van der Waals surface area contributed by atoms with Gasteiger partial charge in [-0.2, -0.15) is 4.90 Å². The van der Waals surface area contributed by atoms with Gasteiger partial charge >= 0.3 is 6.09 Å². The molecular formula is C28H27BrN2O7. The fraction of sp³-hybridized carbons (Fsp3) is 0.357. The Morgan fingerprint density at radius 2 is 2.05 bits per heavy atom. The average Bonchev–Trinajstić information content (AvgIpc) is 3.46. The number of methoxy groups -OCH3 is 1. The fourth-order valence-electron chi connectivity index (χ4n) is 5.83. The van der Waals surface area contributed by atoms with Crippen molar-refractivity contribution < 1.29 is 34.1 Å². The number of hydrogen-bond donors (Lipinski definition) is 2. The molecular weight excluding hydrogens is 556 g/mol. The molecule has 2 saturated heterocycles. The van der Waals surface area contributed by atoms with Gasteiger partial charge in [0, 0.05) is 22.2 Å². The topological polar surface area (TPSA) is 126 Å². The molecule has 2 aromatic rings. The summed E-state index contributed by atoms with van der Waals surface area (Å²) in [4.78, 5) is 43.2. The molecule has 0 spiro atoms. The minimum absolute atomic E-state index is 0.141. The Bertz CT molecular complexity index is 1340. The lowest BCUT2D eigenvalue weighted by Crippen LogP contribution is -2.38. The predicted molar refractivity (Wildman–Crippen MR) is 140 cm³/mol. The summed E-state index contributed by atoms with van der Waals surface area (Å²) < 4.78 is 11.6. The van der Waals surface area contributed by atoms with Crippen LogP contribution in [0.3, 0.4) is 0 Å². The van der Waals surface area contributed by atoms with Gasteiger partial charge in [-0.3, -0.25) is 14.6 Å². The number of pyridine rings is 1. The van der Waals surface area contributed by atoms with Crippen LogP contribution >= 0.6 is 15.9 Å². The number of benzene rings is 1. The van der Waals surface area contributed by atoms with Gasteiger partial charge in [-0.25, -0.2) is 4.79 Å². The van der Waals surface area contributed by atoms with Gasteiger partial charge in [-0.05, 0) is 72.4 Å². The Labute approximate surface area is 227 Å². The minimum Gasteiger partial charge on any atom is -0.507 e. The van der Waals surface area contributed by atoms with Crippen LogP contribution in [-0.2, 0) is 19.1 Å². The number of aliphatic hydroxyl groups is 1. The molecule has 0 unspecified atom stereocenters. The predicted octanol–water partition coefficient (Wildman–Crippen LogP) is 3.95. The summed E-state index contributed by atoms with van der Waals surface area (Å²) in [5.74, 6) is -2.86. The summed E-state index contributed by atoms with van der Waals surface area (Å²) in [5, 5.41) is 20.6. The van der Waals surface area contributed by atoms with Crippen LogP contribution in [0.1, 0.15) is 30.5 Å². The molecule has 0 saturated carbocycles. The van der Waals surface area contributed by atoms with Gasteiger partial charge in [0.25, 0.3) is 0 Å². The summed E-state index contributed by atoms with van der Waals surface area (Å²) in [6.07, 6.45) is 3.50. The number of ether oxygens (including phenoxy) is 2. The second-order valence-electron chi connectivity index (χ2n) is 9.59. The number of nitrogens with zero attached hydrogens (tertiary/aromatic N) is 2. The van der Waals surface area contributed by atoms with Crippen molar-refractivity contribution >= 4 is 45.5 Å². The number of rotatable bonds is 6. The van der Waals surface area contributed by atoms with E-state index in [0.29, 0.717) is 28.9 Å². The van der Waals surface area contributed by atoms with E-state index >= 15 is 0 Å². The van der Waals surface area contributed by atoms with E-state index in [1.54, 1.807) is 18.3 Å². The van der Waals surface area contributed by atoms with E-state index in [-0.39, 0.29) is 31.5 Å². The monoisotopic (exact) mass is 582 g/mol. The number of amides is 3. The molecule has 0 bridgehead atoms. The maximum Gasteiger partial charge on any atom is 0.423 e. The van der Waals surface area contributed by atoms with Crippen molar-refractivity contribution in [3.63, 3.8) is 0 Å². The Morgan fingerprint density at radius 1 is 1.24 bits per heavy atom. The molecule has 2 N–H and O–H groups in total. The van der Waals surface area contributed by atoms with E-state index in [2.05, 4.69) is 25.7 Å². The van der Waals surface area contributed by atoms with E-state index in [9.17, 15) is 24.6 Å². The maximum absolute atomic E-state index is 13.1. The molecule has 1 aromatic carbocycles. The highest BCUT2D eigenvalue weighted by atomic mass is 79.9. The number of hydrogen-bond acceptors (Lipinski definition) is 8. The molecule has 2 aliphatic heterocycles. The first-order chi connectivity index (χ1) is 18.3. The highest BCUT2D eigenvalue weighted by molar-refractivity contribution is 9.10. The highest BCUT2D eigenvalue weighted by Gasteiger charge is 2.58. The summed E-state index contributed by atoms with van der Waals surface area (Å²) in [5.41, 5.74) is 3.80. The van der Waals surface area contributed by atoms with E-state index in [1.165, 1.54) is 0 Å². The molecule has 3 aliphatic rings. The molecule has 38 heavy (non-hydrogen) atoms. The molecule has 4 atom stereocenters. The third-order valence-corrected chi connectivity index (χ3v) is 8.04. The normalized spacial score (nSPS) is 25.0. The zero-order chi connectivity index (χ0) is 27.0. The van der Waals surface area contributed by atoms with Crippen molar-refractivity contribution in [1.82, 2.24) is 9.88 Å². The number of imide groups is 3. The lowest BCUT2D eigenvalue weighted by atomic mass is 9.69. The largest absolute Gasteiger partial charge is 0.507 e. The Hall–Kier alpha value is -3.34. The number of aromatic hydroxyl groups is 1. The second kappa shape index (κ2) is 10.8. The molecule has 198 valence electrons. The van der Waals surface area contributed by atoms with Crippen LogP contribution < -0.4 is 0 Å². The maximum atomic E-state index is 13.1. The van der Waals surface area contributed by atoms with Crippen LogP contribution in [0.2, 0.25) is 0 Å². The zero-order valence-electron chi connectivity index (χ0n) is 20.7. The molecule has 1 aromatic heterocycles. The fourth-order valence-corrected chi connectivity index (χ4v) is 6.21. The first-order valence-corrected chi connectivity index (χ1v) is 13.1. The number of fused-ring (bicyclic) bond motifs is 3. The van der Waals surface area contributed by atoms with Crippen molar-refractivity contribution in [3.05, 3.63) is 69.5 Å². The Morgan fingerprint density at radius 3 is 2.76 bits per heavy atom.